The molecule has 204 valence electrons. The number of rotatable bonds is 7. The highest BCUT2D eigenvalue weighted by atomic mass is 35.5. The highest BCUT2D eigenvalue weighted by molar-refractivity contribution is 6.31. The van der Waals surface area contributed by atoms with E-state index in [0.29, 0.717) is 66.4 Å². The standard InChI is InChI=1S/C28H27ClF2N4O4/c1-2-25(36)35-11-15-7-18(8-16(15)12-35)39-23-9-19-22(10-24(23)38-17-5-6-37-13-17)32-14-33-28(19)34-21-4-3-20(30)26(29)27(21)31/h2-4,9-10,14-18H,1,5-8,11-13H2,(H,32,33,34)/t15-,16+,17-,18-/m1/s1. The average molecular weight is 557 g/mol. The number of likely N-dealkylation sites (tertiary alicyclic amines) is 1. The second kappa shape index (κ2) is 10.6. The molecule has 1 saturated carbocycles. The van der Waals surface area contributed by atoms with Crippen molar-refractivity contribution in [2.75, 3.05) is 31.6 Å². The summed E-state index contributed by atoms with van der Waals surface area (Å²) in [5.74, 6) is 0.292. The summed E-state index contributed by atoms with van der Waals surface area (Å²) < 4.78 is 46.6. The van der Waals surface area contributed by atoms with E-state index in [2.05, 4.69) is 21.9 Å². The Hall–Kier alpha value is -3.50. The maximum Gasteiger partial charge on any atom is 0.245 e. The summed E-state index contributed by atoms with van der Waals surface area (Å²) >= 11 is 5.77. The number of anilines is 2. The van der Waals surface area contributed by atoms with Gasteiger partial charge in [-0.1, -0.05) is 18.2 Å². The highest BCUT2D eigenvalue weighted by Gasteiger charge is 2.43. The summed E-state index contributed by atoms with van der Waals surface area (Å²) in [5.41, 5.74) is 0.541. The molecule has 8 nitrogen and oxygen atoms in total. The molecule has 0 radical (unpaired) electrons. The number of nitrogens with zero attached hydrogens (tertiary/aromatic N) is 3. The topological polar surface area (TPSA) is 85.8 Å². The number of benzene rings is 2. The number of hydrogen-bond donors (Lipinski definition) is 1. The normalized spacial score (nSPS) is 24.1. The van der Waals surface area contributed by atoms with E-state index in [9.17, 15) is 13.6 Å². The molecule has 3 fully saturated rings. The minimum Gasteiger partial charge on any atom is -0.486 e. The maximum absolute atomic E-state index is 14.6. The van der Waals surface area contributed by atoms with Crippen molar-refractivity contribution >= 4 is 39.9 Å². The van der Waals surface area contributed by atoms with Crippen LogP contribution in [0.5, 0.6) is 11.5 Å². The van der Waals surface area contributed by atoms with E-state index in [-0.39, 0.29) is 23.8 Å². The minimum absolute atomic E-state index is 0.0189. The quantitative estimate of drug-likeness (QED) is 0.313. The number of hydrogen-bond acceptors (Lipinski definition) is 7. The number of halogens is 3. The van der Waals surface area contributed by atoms with E-state index in [0.717, 1.165) is 25.3 Å². The van der Waals surface area contributed by atoms with Gasteiger partial charge < -0.3 is 24.4 Å². The summed E-state index contributed by atoms with van der Waals surface area (Å²) in [4.78, 5) is 22.6. The molecule has 2 aliphatic heterocycles. The second-order valence-corrected chi connectivity index (χ2v) is 10.5. The van der Waals surface area contributed by atoms with Gasteiger partial charge in [0.2, 0.25) is 5.91 Å². The molecule has 3 aliphatic rings. The number of nitrogens with one attached hydrogen (secondary N) is 1. The SMILES string of the molecule is C=CC(=O)N1C[C@H]2C[C@@H](Oc3cc4c(Nc5ccc(F)c(Cl)c5F)ncnc4cc3O[C@@H]3CCOC3)C[C@H]2C1. The van der Waals surface area contributed by atoms with Crippen molar-refractivity contribution in [1.29, 1.82) is 0 Å². The lowest BCUT2D eigenvalue weighted by Crippen LogP contribution is -2.29. The molecule has 0 unspecified atom stereocenters. The zero-order chi connectivity index (χ0) is 27.1. The third kappa shape index (κ3) is 5.10. The van der Waals surface area contributed by atoms with Gasteiger partial charge >= 0.3 is 0 Å². The maximum atomic E-state index is 14.6. The fraction of sp³-hybridized carbons (Fsp3) is 0.393. The van der Waals surface area contributed by atoms with E-state index in [1.807, 2.05) is 4.90 Å². The summed E-state index contributed by atoms with van der Waals surface area (Å²) in [6.07, 6.45) is 4.93. The van der Waals surface area contributed by atoms with Gasteiger partial charge in [-0.15, -0.1) is 0 Å². The Kier molecular flexibility index (Phi) is 6.99. The minimum atomic E-state index is -0.914. The first-order chi connectivity index (χ1) is 18.9. The van der Waals surface area contributed by atoms with Gasteiger partial charge in [0.25, 0.3) is 0 Å². The van der Waals surface area contributed by atoms with E-state index < -0.39 is 16.7 Å². The molecular weight excluding hydrogens is 530 g/mol. The van der Waals surface area contributed by atoms with E-state index in [1.165, 1.54) is 18.5 Å². The van der Waals surface area contributed by atoms with Crippen LogP contribution in [0.15, 0.2) is 43.2 Å². The van der Waals surface area contributed by atoms with Crippen LogP contribution in [0.1, 0.15) is 19.3 Å². The molecule has 11 heteroatoms. The van der Waals surface area contributed by atoms with Crippen LogP contribution in [0.4, 0.5) is 20.3 Å². The molecule has 1 amide bonds. The lowest BCUT2D eigenvalue weighted by Gasteiger charge is -2.22. The van der Waals surface area contributed by atoms with Gasteiger partial charge in [-0.2, -0.15) is 0 Å². The molecule has 1 aliphatic carbocycles. The number of aromatic nitrogens is 2. The zero-order valence-electron chi connectivity index (χ0n) is 21.0. The first-order valence-electron chi connectivity index (χ1n) is 12.9. The number of ether oxygens (including phenoxy) is 3. The van der Waals surface area contributed by atoms with Gasteiger partial charge in [0.15, 0.2) is 17.3 Å². The Bertz CT molecular complexity index is 1420. The molecule has 2 aromatic carbocycles. The molecule has 1 N–H and O–H groups in total. The van der Waals surface area contributed by atoms with Crippen molar-refractivity contribution in [3.05, 3.63) is 59.9 Å². The van der Waals surface area contributed by atoms with Crippen molar-refractivity contribution in [3.63, 3.8) is 0 Å². The van der Waals surface area contributed by atoms with Crippen molar-refractivity contribution in [1.82, 2.24) is 14.9 Å². The van der Waals surface area contributed by atoms with Gasteiger partial charge in [-0.25, -0.2) is 18.7 Å². The zero-order valence-corrected chi connectivity index (χ0v) is 21.8. The summed E-state index contributed by atoms with van der Waals surface area (Å²) in [7, 11) is 0. The predicted octanol–water partition coefficient (Wildman–Crippen LogP) is 5.27. The highest BCUT2D eigenvalue weighted by Crippen LogP contribution is 2.43. The van der Waals surface area contributed by atoms with Gasteiger partial charge in [0.1, 0.15) is 29.1 Å². The lowest BCUT2D eigenvalue weighted by molar-refractivity contribution is -0.125. The van der Waals surface area contributed by atoms with Crippen LogP contribution in [-0.2, 0) is 9.53 Å². The second-order valence-electron chi connectivity index (χ2n) is 10.2. The molecule has 3 aromatic rings. The Morgan fingerprint density at radius 1 is 1.13 bits per heavy atom. The van der Waals surface area contributed by atoms with Crippen LogP contribution in [0.2, 0.25) is 5.02 Å². The van der Waals surface area contributed by atoms with Crippen LogP contribution < -0.4 is 14.8 Å². The molecular formula is C28H27ClF2N4O4. The third-order valence-corrected chi connectivity index (χ3v) is 8.00. The summed E-state index contributed by atoms with van der Waals surface area (Å²) in [5, 5.41) is 2.88. The lowest BCUT2D eigenvalue weighted by atomic mass is 10.0. The Balaban J connectivity index is 1.30. The first-order valence-corrected chi connectivity index (χ1v) is 13.3. The summed E-state index contributed by atoms with van der Waals surface area (Å²) in [6.45, 7) is 6.10. The Labute approximate surface area is 228 Å². The first kappa shape index (κ1) is 25.8. The van der Waals surface area contributed by atoms with Crippen molar-refractivity contribution in [3.8, 4) is 11.5 Å². The largest absolute Gasteiger partial charge is 0.486 e. The predicted molar refractivity (Wildman–Crippen MR) is 141 cm³/mol. The van der Waals surface area contributed by atoms with Crippen LogP contribution in [0.25, 0.3) is 10.9 Å². The fourth-order valence-corrected chi connectivity index (χ4v) is 5.88. The van der Waals surface area contributed by atoms with E-state index in [4.69, 9.17) is 25.8 Å². The van der Waals surface area contributed by atoms with Crippen LogP contribution in [-0.4, -0.2) is 59.3 Å². The smallest absolute Gasteiger partial charge is 0.245 e. The van der Waals surface area contributed by atoms with E-state index in [1.54, 1.807) is 12.1 Å². The molecule has 39 heavy (non-hydrogen) atoms. The number of carbonyl (C=O) groups is 1. The average Bonchev–Trinajstić information content (AvgIpc) is 3.66. The Morgan fingerprint density at radius 3 is 2.59 bits per heavy atom. The van der Waals surface area contributed by atoms with Crippen LogP contribution >= 0.6 is 11.6 Å². The monoisotopic (exact) mass is 556 g/mol. The molecule has 2 saturated heterocycles. The Morgan fingerprint density at radius 2 is 1.87 bits per heavy atom. The van der Waals surface area contributed by atoms with Crippen LogP contribution in [0.3, 0.4) is 0 Å². The van der Waals surface area contributed by atoms with Crippen LogP contribution in [0, 0.1) is 23.5 Å². The van der Waals surface area contributed by atoms with Gasteiger partial charge in [0, 0.05) is 31.0 Å². The summed E-state index contributed by atoms with van der Waals surface area (Å²) in [6, 6.07) is 5.91. The number of amides is 1. The van der Waals surface area contributed by atoms with Crippen molar-refractivity contribution < 1.29 is 27.8 Å². The molecule has 4 atom stereocenters. The molecule has 3 heterocycles. The van der Waals surface area contributed by atoms with Gasteiger partial charge in [-0.05, 0) is 49.0 Å². The van der Waals surface area contributed by atoms with Gasteiger partial charge in [-0.3, -0.25) is 4.79 Å². The van der Waals surface area contributed by atoms with Gasteiger partial charge in [0.05, 0.1) is 30.5 Å². The molecule has 0 spiro atoms. The van der Waals surface area contributed by atoms with Crippen molar-refractivity contribution in [2.45, 2.75) is 31.5 Å². The molecule has 6 rings (SSSR count). The van der Waals surface area contributed by atoms with Crippen molar-refractivity contribution in [2.24, 2.45) is 11.8 Å². The number of fused-ring (bicyclic) bond motifs is 2. The molecule has 0 bridgehead atoms. The third-order valence-electron chi connectivity index (χ3n) is 7.66. The number of carbonyl (C=O) groups excluding carboxylic acids is 1. The fourth-order valence-electron chi connectivity index (χ4n) is 5.71. The van der Waals surface area contributed by atoms with E-state index >= 15 is 0 Å². The molecule has 1 aromatic heterocycles.